The summed E-state index contributed by atoms with van der Waals surface area (Å²) in [6.07, 6.45) is 3.25. The zero-order chi connectivity index (χ0) is 25.0. The van der Waals surface area contributed by atoms with Crippen LogP contribution >= 0.6 is 0 Å². The number of nitrogens with one attached hydrogen (secondary N) is 1. The largest absolute Gasteiger partial charge is 0.493 e. The van der Waals surface area contributed by atoms with Crippen molar-refractivity contribution in [3.63, 3.8) is 0 Å². The molecule has 0 bridgehead atoms. The minimum atomic E-state index is -1.15. The second-order valence-corrected chi connectivity index (χ2v) is 7.69. The lowest BCUT2D eigenvalue weighted by Gasteiger charge is -2.27. The minimum Gasteiger partial charge on any atom is -0.493 e. The number of carbonyl (C=O) groups is 4. The Bertz CT molecular complexity index is 1210. The standard InChI is InChI=1S/C25H24N2O7/c1-5-6-17-10-16(12-20(33-4)22(17)34-13-21(28)29)11-19-23(30)26-25(32)27(24(19)31)18-8-14(2)7-15(3)9-18/h5,7-12H,1,6,13H2,2-4H3,(H,28,29)(H,26,30,32)/b19-11+. The Kier molecular flexibility index (Phi) is 7.15. The van der Waals surface area contributed by atoms with Gasteiger partial charge in [0.2, 0.25) is 0 Å². The zero-order valence-corrected chi connectivity index (χ0v) is 19.0. The number of nitrogens with zero attached hydrogens (tertiary/aromatic N) is 1. The number of anilines is 1. The molecule has 0 spiro atoms. The molecule has 0 aromatic heterocycles. The molecule has 1 aliphatic heterocycles. The van der Waals surface area contributed by atoms with Gasteiger partial charge in [0.05, 0.1) is 12.8 Å². The van der Waals surface area contributed by atoms with Gasteiger partial charge in [-0.25, -0.2) is 14.5 Å². The van der Waals surface area contributed by atoms with Crippen LogP contribution in [0.15, 0.2) is 48.6 Å². The van der Waals surface area contributed by atoms with Crippen LogP contribution in [0, 0.1) is 13.8 Å². The highest BCUT2D eigenvalue weighted by molar-refractivity contribution is 6.39. The van der Waals surface area contributed by atoms with Crippen molar-refractivity contribution < 1.29 is 33.8 Å². The molecule has 0 saturated carbocycles. The van der Waals surface area contributed by atoms with Gasteiger partial charge in [0.25, 0.3) is 11.8 Å². The summed E-state index contributed by atoms with van der Waals surface area (Å²) in [6.45, 7) is 6.80. The molecule has 0 atom stereocenters. The lowest BCUT2D eigenvalue weighted by molar-refractivity contribution is -0.139. The monoisotopic (exact) mass is 464 g/mol. The number of carbonyl (C=O) groups excluding carboxylic acids is 3. The van der Waals surface area contributed by atoms with Crippen molar-refractivity contribution in [2.24, 2.45) is 0 Å². The van der Waals surface area contributed by atoms with Gasteiger partial charge in [-0.3, -0.25) is 14.9 Å². The molecular weight excluding hydrogens is 440 g/mol. The van der Waals surface area contributed by atoms with Gasteiger partial charge in [-0.15, -0.1) is 6.58 Å². The van der Waals surface area contributed by atoms with Gasteiger partial charge in [0.1, 0.15) is 5.57 Å². The number of aryl methyl sites for hydroxylation is 2. The van der Waals surface area contributed by atoms with Crippen LogP contribution in [0.4, 0.5) is 10.5 Å². The lowest BCUT2D eigenvalue weighted by atomic mass is 10.0. The number of imide groups is 2. The van der Waals surface area contributed by atoms with Crippen molar-refractivity contribution in [3.05, 3.63) is 70.8 Å². The summed E-state index contributed by atoms with van der Waals surface area (Å²) in [5.74, 6) is -2.31. The fourth-order valence-corrected chi connectivity index (χ4v) is 3.66. The average molecular weight is 464 g/mol. The quantitative estimate of drug-likeness (QED) is 0.350. The van der Waals surface area contributed by atoms with Gasteiger partial charge in [-0.05, 0) is 67.3 Å². The van der Waals surface area contributed by atoms with Gasteiger partial charge < -0.3 is 14.6 Å². The number of methoxy groups -OCH3 is 1. The Hall–Kier alpha value is -4.40. The minimum absolute atomic E-state index is 0.221. The third-order valence-corrected chi connectivity index (χ3v) is 4.96. The Balaban J connectivity index is 2.07. The van der Waals surface area contributed by atoms with Crippen molar-refractivity contribution in [3.8, 4) is 11.5 Å². The maximum atomic E-state index is 13.2. The number of rotatable bonds is 8. The van der Waals surface area contributed by atoms with Crippen LogP contribution < -0.4 is 19.7 Å². The summed E-state index contributed by atoms with van der Waals surface area (Å²) >= 11 is 0. The third-order valence-electron chi connectivity index (χ3n) is 4.96. The van der Waals surface area contributed by atoms with Gasteiger partial charge in [-0.2, -0.15) is 0 Å². The Morgan fingerprint density at radius 1 is 1.12 bits per heavy atom. The first-order valence-corrected chi connectivity index (χ1v) is 10.3. The van der Waals surface area contributed by atoms with E-state index in [1.54, 1.807) is 24.3 Å². The number of barbiturate groups is 1. The fraction of sp³-hybridized carbons (Fsp3) is 0.200. The fourth-order valence-electron chi connectivity index (χ4n) is 3.66. The summed E-state index contributed by atoms with van der Waals surface area (Å²) < 4.78 is 10.7. The molecule has 34 heavy (non-hydrogen) atoms. The van der Waals surface area contributed by atoms with Crippen molar-refractivity contribution in [2.75, 3.05) is 18.6 Å². The van der Waals surface area contributed by atoms with E-state index in [2.05, 4.69) is 11.9 Å². The zero-order valence-electron chi connectivity index (χ0n) is 19.0. The molecule has 1 saturated heterocycles. The molecule has 2 aromatic rings. The van der Waals surface area contributed by atoms with E-state index >= 15 is 0 Å². The molecule has 1 aliphatic rings. The van der Waals surface area contributed by atoms with Crippen LogP contribution in [0.5, 0.6) is 11.5 Å². The van der Waals surface area contributed by atoms with E-state index < -0.39 is 30.4 Å². The highest BCUT2D eigenvalue weighted by Gasteiger charge is 2.37. The third kappa shape index (κ3) is 5.15. The number of urea groups is 1. The second kappa shape index (κ2) is 10.0. The summed E-state index contributed by atoms with van der Waals surface area (Å²) in [4.78, 5) is 50.1. The molecular formula is C25H24N2O7. The van der Waals surface area contributed by atoms with E-state index in [0.29, 0.717) is 23.2 Å². The second-order valence-electron chi connectivity index (χ2n) is 7.69. The molecule has 1 fully saturated rings. The van der Waals surface area contributed by atoms with E-state index in [1.165, 1.54) is 19.3 Å². The van der Waals surface area contributed by atoms with Crippen LogP contribution in [0.3, 0.4) is 0 Å². The van der Waals surface area contributed by atoms with Crippen molar-refractivity contribution >= 4 is 35.6 Å². The lowest BCUT2D eigenvalue weighted by Crippen LogP contribution is -2.54. The highest BCUT2D eigenvalue weighted by Crippen LogP contribution is 2.35. The first-order chi connectivity index (χ1) is 16.1. The number of carboxylic acids is 1. The van der Waals surface area contributed by atoms with E-state index in [9.17, 15) is 19.2 Å². The number of amides is 4. The summed E-state index contributed by atoms with van der Waals surface area (Å²) in [7, 11) is 1.39. The summed E-state index contributed by atoms with van der Waals surface area (Å²) in [5, 5.41) is 11.2. The van der Waals surface area contributed by atoms with E-state index in [1.807, 2.05) is 19.9 Å². The maximum Gasteiger partial charge on any atom is 0.341 e. The Morgan fingerprint density at radius 3 is 2.38 bits per heavy atom. The van der Waals surface area contributed by atoms with Crippen LogP contribution in [0.1, 0.15) is 22.3 Å². The molecule has 3 rings (SSSR count). The molecule has 0 radical (unpaired) electrons. The molecule has 0 unspecified atom stereocenters. The Morgan fingerprint density at radius 2 is 1.79 bits per heavy atom. The number of hydrogen-bond acceptors (Lipinski definition) is 6. The number of carboxylic acid groups (broad SMARTS) is 1. The average Bonchev–Trinajstić information content (AvgIpc) is 2.74. The molecule has 2 aromatic carbocycles. The smallest absolute Gasteiger partial charge is 0.341 e. The predicted octanol–water partition coefficient (Wildman–Crippen LogP) is 3.17. The van der Waals surface area contributed by atoms with E-state index in [-0.39, 0.29) is 17.1 Å². The van der Waals surface area contributed by atoms with Gasteiger partial charge in [0.15, 0.2) is 18.1 Å². The molecule has 1 heterocycles. The van der Waals surface area contributed by atoms with E-state index in [0.717, 1.165) is 16.0 Å². The number of ether oxygens (including phenoxy) is 2. The van der Waals surface area contributed by atoms with Crippen molar-refractivity contribution in [1.82, 2.24) is 5.32 Å². The van der Waals surface area contributed by atoms with E-state index in [4.69, 9.17) is 14.6 Å². The van der Waals surface area contributed by atoms with Crippen LogP contribution in [-0.4, -0.2) is 42.6 Å². The first-order valence-electron chi connectivity index (χ1n) is 10.3. The van der Waals surface area contributed by atoms with Crippen LogP contribution in [0.25, 0.3) is 6.08 Å². The van der Waals surface area contributed by atoms with Crippen molar-refractivity contribution in [2.45, 2.75) is 20.3 Å². The topological polar surface area (TPSA) is 122 Å². The number of hydrogen-bond donors (Lipinski definition) is 2. The molecule has 9 nitrogen and oxygen atoms in total. The first kappa shape index (κ1) is 24.2. The Labute approximate surface area is 196 Å². The van der Waals surface area contributed by atoms with Crippen molar-refractivity contribution in [1.29, 1.82) is 0 Å². The molecule has 2 N–H and O–H groups in total. The molecule has 9 heteroatoms. The number of benzene rings is 2. The summed E-state index contributed by atoms with van der Waals surface area (Å²) in [5.41, 5.74) is 2.78. The van der Waals surface area contributed by atoms with Gasteiger partial charge in [0, 0.05) is 5.56 Å². The van der Waals surface area contributed by atoms with Crippen LogP contribution in [0.2, 0.25) is 0 Å². The maximum absolute atomic E-state index is 13.2. The highest BCUT2D eigenvalue weighted by atomic mass is 16.5. The summed E-state index contributed by atoms with van der Waals surface area (Å²) in [6, 6.07) is 7.56. The normalized spacial score (nSPS) is 14.7. The molecule has 176 valence electrons. The number of aliphatic carboxylic acids is 1. The number of allylic oxidation sites excluding steroid dienone is 1. The molecule has 4 amide bonds. The van der Waals surface area contributed by atoms with Gasteiger partial charge in [-0.1, -0.05) is 12.1 Å². The van der Waals surface area contributed by atoms with Gasteiger partial charge >= 0.3 is 12.0 Å². The SMILES string of the molecule is C=CCc1cc(/C=C2\C(=O)NC(=O)N(c3cc(C)cc(C)c3)C2=O)cc(OC)c1OCC(=O)O. The molecule has 0 aliphatic carbocycles. The van der Waals surface area contributed by atoms with Crippen LogP contribution in [-0.2, 0) is 20.8 Å². The predicted molar refractivity (Wildman–Crippen MR) is 125 cm³/mol.